The molecule has 0 heterocycles. The molecule has 3 rings (SSSR count). The summed E-state index contributed by atoms with van der Waals surface area (Å²) in [5.41, 5.74) is 5.71. The molecule has 0 radical (unpaired) electrons. The van der Waals surface area contributed by atoms with Crippen molar-refractivity contribution in [2.24, 2.45) is 5.92 Å². The first-order valence-corrected chi connectivity index (χ1v) is 7.82. The number of allylic oxidation sites excluding steroid dienone is 1. The van der Waals surface area contributed by atoms with E-state index < -0.39 is 11.9 Å². The number of hydrogen-bond acceptors (Lipinski definition) is 1. The third-order valence-electron chi connectivity index (χ3n) is 4.45. The van der Waals surface area contributed by atoms with E-state index in [1.807, 2.05) is 37.3 Å². The van der Waals surface area contributed by atoms with Gasteiger partial charge in [0.05, 0.1) is 5.92 Å². The zero-order valence-corrected chi connectivity index (χ0v) is 12.8. The molecule has 0 saturated heterocycles. The van der Waals surface area contributed by atoms with Crippen LogP contribution in [0.15, 0.2) is 54.6 Å². The van der Waals surface area contributed by atoms with E-state index in [9.17, 15) is 9.90 Å². The van der Waals surface area contributed by atoms with Gasteiger partial charge in [-0.05, 0) is 47.1 Å². The Bertz CT molecular complexity index is 713. The molecule has 2 aromatic carbocycles. The molecule has 0 aromatic heterocycles. The van der Waals surface area contributed by atoms with Crippen LogP contribution < -0.4 is 0 Å². The zero-order chi connectivity index (χ0) is 15.5. The lowest BCUT2D eigenvalue weighted by Crippen LogP contribution is -2.19. The average Bonchev–Trinajstić information content (AvgIpc) is 2.56. The quantitative estimate of drug-likeness (QED) is 0.890. The summed E-state index contributed by atoms with van der Waals surface area (Å²) in [6.45, 7) is 1.95. The number of benzene rings is 2. The molecule has 1 aliphatic carbocycles. The van der Waals surface area contributed by atoms with Gasteiger partial charge in [0.15, 0.2) is 0 Å². The molecule has 1 N–H and O–H groups in total. The van der Waals surface area contributed by atoms with Gasteiger partial charge in [0.1, 0.15) is 0 Å². The molecule has 0 spiro atoms. The van der Waals surface area contributed by atoms with E-state index in [-0.39, 0.29) is 0 Å². The average molecular weight is 292 g/mol. The normalized spacial score (nSPS) is 15.3. The van der Waals surface area contributed by atoms with Crippen molar-refractivity contribution in [2.75, 3.05) is 0 Å². The summed E-state index contributed by atoms with van der Waals surface area (Å²) < 4.78 is 0. The van der Waals surface area contributed by atoms with Gasteiger partial charge in [0, 0.05) is 0 Å². The fourth-order valence-corrected chi connectivity index (χ4v) is 3.40. The van der Waals surface area contributed by atoms with Crippen LogP contribution in [0.3, 0.4) is 0 Å². The second-order valence-corrected chi connectivity index (χ2v) is 5.71. The maximum atomic E-state index is 11.8. The van der Waals surface area contributed by atoms with Crippen molar-refractivity contribution in [3.63, 3.8) is 0 Å². The van der Waals surface area contributed by atoms with E-state index >= 15 is 0 Å². The Morgan fingerprint density at radius 2 is 1.73 bits per heavy atom. The van der Waals surface area contributed by atoms with Crippen LogP contribution in [0.4, 0.5) is 0 Å². The van der Waals surface area contributed by atoms with Crippen LogP contribution in [-0.2, 0) is 11.2 Å². The van der Waals surface area contributed by atoms with Gasteiger partial charge in [-0.2, -0.15) is 0 Å². The van der Waals surface area contributed by atoms with Crippen molar-refractivity contribution in [2.45, 2.75) is 26.2 Å². The monoisotopic (exact) mass is 292 g/mol. The van der Waals surface area contributed by atoms with Gasteiger partial charge in [0.25, 0.3) is 0 Å². The second kappa shape index (κ2) is 6.18. The van der Waals surface area contributed by atoms with Crippen molar-refractivity contribution >= 4 is 17.1 Å². The van der Waals surface area contributed by atoms with Crippen LogP contribution in [0, 0.1) is 5.92 Å². The Labute approximate surface area is 131 Å². The van der Waals surface area contributed by atoms with Crippen LogP contribution in [0.1, 0.15) is 36.5 Å². The van der Waals surface area contributed by atoms with Crippen molar-refractivity contribution in [3.8, 4) is 0 Å². The van der Waals surface area contributed by atoms with Crippen molar-refractivity contribution < 1.29 is 9.90 Å². The molecule has 2 aromatic rings. The Kier molecular flexibility index (Phi) is 4.10. The fourth-order valence-electron chi connectivity index (χ4n) is 3.40. The van der Waals surface area contributed by atoms with Gasteiger partial charge in [-0.25, -0.2) is 0 Å². The van der Waals surface area contributed by atoms with Gasteiger partial charge in [-0.15, -0.1) is 0 Å². The number of hydrogen-bond donors (Lipinski definition) is 1. The number of carbonyl (C=O) groups is 1. The second-order valence-electron chi connectivity index (χ2n) is 5.71. The molecule has 1 atom stereocenters. The summed E-state index contributed by atoms with van der Waals surface area (Å²) in [5.74, 6) is -1.18. The number of aliphatic carboxylic acids is 1. The number of fused-ring (bicyclic) bond motifs is 1. The largest absolute Gasteiger partial charge is 0.481 e. The molecule has 22 heavy (non-hydrogen) atoms. The molecule has 0 fully saturated rings. The van der Waals surface area contributed by atoms with Gasteiger partial charge >= 0.3 is 5.97 Å². The van der Waals surface area contributed by atoms with Crippen molar-refractivity contribution in [3.05, 3.63) is 71.3 Å². The number of carboxylic acids is 1. The molecular weight excluding hydrogens is 272 g/mol. The molecule has 1 aliphatic rings. The Morgan fingerprint density at radius 3 is 2.41 bits per heavy atom. The van der Waals surface area contributed by atoms with E-state index in [0.717, 1.165) is 29.5 Å². The zero-order valence-electron chi connectivity index (χ0n) is 12.8. The molecule has 112 valence electrons. The van der Waals surface area contributed by atoms with Crippen molar-refractivity contribution in [1.82, 2.24) is 0 Å². The molecule has 2 heteroatoms. The summed E-state index contributed by atoms with van der Waals surface area (Å²) in [5, 5.41) is 9.68. The summed E-state index contributed by atoms with van der Waals surface area (Å²) >= 11 is 0. The maximum absolute atomic E-state index is 11.8. The highest BCUT2D eigenvalue weighted by Gasteiger charge is 2.29. The van der Waals surface area contributed by atoms with E-state index in [4.69, 9.17) is 0 Å². The highest BCUT2D eigenvalue weighted by atomic mass is 16.4. The summed E-state index contributed by atoms with van der Waals surface area (Å²) in [7, 11) is 0. The fraction of sp³-hybridized carbons (Fsp3) is 0.250. The number of rotatable bonds is 4. The smallest absolute Gasteiger partial charge is 0.310 e. The predicted octanol–water partition coefficient (Wildman–Crippen LogP) is 4.65. The summed E-state index contributed by atoms with van der Waals surface area (Å²) in [4.78, 5) is 11.8. The number of carboxylic acid groups (broad SMARTS) is 1. The lowest BCUT2D eigenvalue weighted by Gasteiger charge is -2.27. The van der Waals surface area contributed by atoms with Crippen LogP contribution in [-0.4, -0.2) is 11.1 Å². The lowest BCUT2D eigenvalue weighted by molar-refractivity contribution is -0.139. The molecule has 0 saturated carbocycles. The van der Waals surface area contributed by atoms with Crippen LogP contribution in [0.25, 0.3) is 11.1 Å². The Balaban J connectivity index is 2.24. The summed E-state index contributed by atoms with van der Waals surface area (Å²) in [6, 6.07) is 18.4. The standard InChI is InChI=1S/C20H20O2/c1-2-16(20(21)22)19-17-11-7-6-10-15(17)12-13-18(19)14-8-4-3-5-9-14/h3-11,16H,2,12-13H2,1H3,(H,21,22)/t16-/m0/s1. The van der Waals surface area contributed by atoms with Crippen molar-refractivity contribution in [1.29, 1.82) is 0 Å². The third kappa shape index (κ3) is 2.57. The summed E-state index contributed by atoms with van der Waals surface area (Å²) in [6.07, 6.45) is 2.48. The molecule has 0 bridgehead atoms. The lowest BCUT2D eigenvalue weighted by atomic mass is 9.76. The molecule has 0 unspecified atom stereocenters. The van der Waals surface area contributed by atoms with Crippen LogP contribution in [0.2, 0.25) is 0 Å². The van der Waals surface area contributed by atoms with Gasteiger partial charge in [-0.1, -0.05) is 61.5 Å². The Hall–Kier alpha value is -2.35. The predicted molar refractivity (Wildman–Crippen MR) is 89.4 cm³/mol. The van der Waals surface area contributed by atoms with E-state index in [1.165, 1.54) is 11.1 Å². The van der Waals surface area contributed by atoms with Gasteiger partial charge in [-0.3, -0.25) is 4.79 Å². The third-order valence-corrected chi connectivity index (χ3v) is 4.45. The highest BCUT2D eigenvalue weighted by Crippen LogP contribution is 2.41. The van der Waals surface area contributed by atoms with Crippen LogP contribution in [0.5, 0.6) is 0 Å². The molecule has 0 aliphatic heterocycles. The Morgan fingerprint density at radius 1 is 1.05 bits per heavy atom. The topological polar surface area (TPSA) is 37.3 Å². The first-order chi connectivity index (χ1) is 10.7. The molecule has 2 nitrogen and oxygen atoms in total. The first-order valence-electron chi connectivity index (χ1n) is 7.82. The number of aryl methyl sites for hydroxylation is 1. The van der Waals surface area contributed by atoms with Gasteiger partial charge < -0.3 is 5.11 Å². The van der Waals surface area contributed by atoms with Crippen LogP contribution >= 0.6 is 0 Å². The van der Waals surface area contributed by atoms with E-state index in [1.54, 1.807) is 0 Å². The van der Waals surface area contributed by atoms with E-state index in [0.29, 0.717) is 6.42 Å². The molecule has 0 amide bonds. The SMILES string of the molecule is CC[C@H](C(=O)O)C1=C(c2ccccc2)CCc2ccccc21. The minimum atomic E-state index is -0.734. The first kappa shape index (κ1) is 14.6. The maximum Gasteiger partial charge on any atom is 0.310 e. The minimum Gasteiger partial charge on any atom is -0.481 e. The highest BCUT2D eigenvalue weighted by molar-refractivity contribution is 6.01. The minimum absolute atomic E-state index is 0.448. The molecular formula is C20H20O2. The van der Waals surface area contributed by atoms with E-state index in [2.05, 4.69) is 24.3 Å². The van der Waals surface area contributed by atoms with Gasteiger partial charge in [0.2, 0.25) is 0 Å².